The molecular weight excluding hydrogens is 568 g/mol. The minimum Gasteiger partial charge on any atom is -0.465 e. The molecule has 0 aliphatic carbocycles. The molecule has 0 aromatic heterocycles. The van der Waals surface area contributed by atoms with Gasteiger partial charge in [-0.3, -0.25) is 24.0 Å². The van der Waals surface area contributed by atoms with Crippen molar-refractivity contribution in [2.45, 2.75) is 70.2 Å². The maximum Gasteiger partial charge on any atom is 0.321 e. The summed E-state index contributed by atoms with van der Waals surface area (Å²) < 4.78 is 38.3. The fourth-order valence-corrected chi connectivity index (χ4v) is 4.68. The summed E-state index contributed by atoms with van der Waals surface area (Å²) in [5.41, 5.74) is 0.872. The molecule has 0 amide bonds. The molecule has 0 bridgehead atoms. The van der Waals surface area contributed by atoms with E-state index in [-0.39, 0.29) is 32.5 Å². The summed E-state index contributed by atoms with van der Waals surface area (Å²) >= 11 is 0. The fraction of sp³-hybridized carbons (Fsp3) is 0.567. The lowest BCUT2D eigenvalue weighted by Crippen LogP contribution is -2.63. The summed E-state index contributed by atoms with van der Waals surface area (Å²) in [5, 5.41) is 10.1. The van der Waals surface area contributed by atoms with Crippen LogP contribution in [0.5, 0.6) is 0 Å². The van der Waals surface area contributed by atoms with Gasteiger partial charge in [-0.2, -0.15) is 0 Å². The van der Waals surface area contributed by atoms with E-state index in [0.717, 1.165) is 5.56 Å². The molecule has 2 aliphatic heterocycles. The van der Waals surface area contributed by atoms with Crippen LogP contribution in [0.15, 0.2) is 42.5 Å². The Labute approximate surface area is 249 Å². The average molecular weight is 607 g/mol. The Bertz CT molecular complexity index is 1130. The standard InChI is InChI=1S/C30H38O13/c1-4-38-26(33)19-13-9-10-14-20(27(34)39-5-2)29(36)43-25-24(42-28(19)35)23(21(17-31)40-30(25)37-3)41-22(32)16-15-18-11-7-6-8-12-18/h6-12,19-21,23-25,30-31H,4-5,13-17H2,1-3H3/b10-9+/t19-,20-,21-,23-,24+,25-,30+/m1/s1. The van der Waals surface area contributed by atoms with Gasteiger partial charge in [0.25, 0.3) is 0 Å². The first kappa shape index (κ1) is 33.7. The van der Waals surface area contributed by atoms with Crippen molar-refractivity contribution in [2.75, 3.05) is 26.9 Å². The van der Waals surface area contributed by atoms with Crippen molar-refractivity contribution in [3.63, 3.8) is 0 Å². The van der Waals surface area contributed by atoms with Gasteiger partial charge in [-0.1, -0.05) is 42.5 Å². The molecule has 0 unspecified atom stereocenters. The molecule has 1 aromatic carbocycles. The van der Waals surface area contributed by atoms with E-state index < -0.39 is 79.0 Å². The molecule has 0 spiro atoms. The molecule has 2 heterocycles. The molecule has 13 heteroatoms. The van der Waals surface area contributed by atoms with Gasteiger partial charge in [-0.25, -0.2) is 0 Å². The molecule has 0 saturated carbocycles. The minimum absolute atomic E-state index is 0.00389. The number of rotatable bonds is 10. The van der Waals surface area contributed by atoms with Crippen molar-refractivity contribution in [3.05, 3.63) is 48.0 Å². The second-order valence-electron chi connectivity index (χ2n) is 9.76. The highest BCUT2D eigenvalue weighted by atomic mass is 16.7. The molecule has 43 heavy (non-hydrogen) atoms. The highest BCUT2D eigenvalue weighted by Crippen LogP contribution is 2.31. The van der Waals surface area contributed by atoms with Crippen LogP contribution in [0.3, 0.4) is 0 Å². The lowest BCUT2D eigenvalue weighted by Gasteiger charge is -2.44. The number of methoxy groups -OCH3 is 1. The number of hydrogen-bond acceptors (Lipinski definition) is 13. The van der Waals surface area contributed by atoms with Crippen LogP contribution in [0.25, 0.3) is 0 Å². The molecule has 1 saturated heterocycles. The molecule has 2 aliphatic rings. The Morgan fingerprint density at radius 2 is 1.44 bits per heavy atom. The quantitative estimate of drug-likeness (QED) is 0.176. The van der Waals surface area contributed by atoms with E-state index in [9.17, 15) is 29.1 Å². The third-order valence-corrected chi connectivity index (χ3v) is 6.86. The van der Waals surface area contributed by atoms with Crippen LogP contribution in [-0.4, -0.2) is 92.6 Å². The summed E-state index contributed by atoms with van der Waals surface area (Å²) in [7, 11) is 1.22. The summed E-state index contributed by atoms with van der Waals surface area (Å²) in [6, 6.07) is 9.16. The number of carbonyl (C=O) groups is 5. The number of carbonyl (C=O) groups excluding carboxylic acids is 5. The van der Waals surface area contributed by atoms with Crippen molar-refractivity contribution >= 4 is 29.8 Å². The zero-order valence-corrected chi connectivity index (χ0v) is 24.4. The molecular formula is C30H38O13. The molecule has 236 valence electrons. The smallest absolute Gasteiger partial charge is 0.321 e. The first-order valence-corrected chi connectivity index (χ1v) is 14.2. The lowest BCUT2D eigenvalue weighted by molar-refractivity contribution is -0.304. The molecule has 3 rings (SSSR count). The number of aryl methyl sites for hydroxylation is 1. The molecule has 13 nitrogen and oxygen atoms in total. The van der Waals surface area contributed by atoms with Crippen molar-refractivity contribution in [2.24, 2.45) is 11.8 Å². The van der Waals surface area contributed by atoms with Crippen molar-refractivity contribution in [3.8, 4) is 0 Å². The monoisotopic (exact) mass is 606 g/mol. The maximum atomic E-state index is 13.4. The number of aliphatic hydroxyl groups is 1. The number of esters is 5. The van der Waals surface area contributed by atoms with Gasteiger partial charge in [-0.15, -0.1) is 0 Å². The SMILES string of the molecule is CCOC(=O)[C@H]1C/C=C/C[C@H](C(=O)OCC)C(=O)O[C@H]2[C@@H](OC)O[C@H](CO)[C@@H](OC(=O)CCc3ccccc3)[C@@H]2OC1=O. The van der Waals surface area contributed by atoms with Gasteiger partial charge in [0.1, 0.15) is 6.10 Å². The summed E-state index contributed by atoms with van der Waals surface area (Å²) in [5.74, 6) is -7.35. The zero-order valence-electron chi connectivity index (χ0n) is 24.4. The zero-order chi connectivity index (χ0) is 31.4. The van der Waals surface area contributed by atoms with Gasteiger partial charge >= 0.3 is 29.8 Å². The number of benzene rings is 1. The topological polar surface area (TPSA) is 170 Å². The first-order valence-electron chi connectivity index (χ1n) is 14.2. The summed E-state index contributed by atoms with van der Waals surface area (Å²) in [4.78, 5) is 65.1. The predicted octanol–water partition coefficient (Wildman–Crippen LogP) is 1.43. The van der Waals surface area contributed by atoms with E-state index >= 15 is 0 Å². The van der Waals surface area contributed by atoms with Gasteiger partial charge in [0, 0.05) is 13.5 Å². The van der Waals surface area contributed by atoms with E-state index in [1.54, 1.807) is 13.8 Å². The van der Waals surface area contributed by atoms with Crippen LogP contribution >= 0.6 is 0 Å². The third-order valence-electron chi connectivity index (χ3n) is 6.86. The number of allylic oxidation sites excluding steroid dienone is 2. The largest absolute Gasteiger partial charge is 0.465 e. The van der Waals surface area contributed by atoms with Crippen LogP contribution < -0.4 is 0 Å². The number of hydrogen-bond donors (Lipinski definition) is 1. The highest BCUT2D eigenvalue weighted by molar-refractivity contribution is 5.96. The van der Waals surface area contributed by atoms with Gasteiger partial charge in [0.2, 0.25) is 0 Å². The average Bonchev–Trinajstić information content (AvgIpc) is 2.99. The van der Waals surface area contributed by atoms with Crippen LogP contribution in [0.2, 0.25) is 0 Å². The molecule has 1 N–H and O–H groups in total. The Morgan fingerprint density at radius 3 is 1.95 bits per heavy atom. The van der Waals surface area contributed by atoms with E-state index in [1.165, 1.54) is 19.3 Å². The van der Waals surface area contributed by atoms with Crippen molar-refractivity contribution < 1.29 is 62.2 Å². The molecule has 7 atom stereocenters. The normalized spacial score (nSPS) is 28.5. The first-order chi connectivity index (χ1) is 20.7. The minimum atomic E-state index is -1.60. The van der Waals surface area contributed by atoms with E-state index in [1.807, 2.05) is 30.3 Å². The van der Waals surface area contributed by atoms with Crippen LogP contribution in [-0.2, 0) is 63.6 Å². The number of fused-ring (bicyclic) bond motifs is 1. The van der Waals surface area contributed by atoms with Crippen molar-refractivity contribution in [1.82, 2.24) is 0 Å². The Kier molecular flexibility index (Phi) is 13.1. The van der Waals surface area contributed by atoms with Gasteiger partial charge in [-0.05, 0) is 38.7 Å². The number of aliphatic hydroxyl groups excluding tert-OH is 1. The number of ether oxygens (including phenoxy) is 7. The Balaban J connectivity index is 1.99. The van der Waals surface area contributed by atoms with Crippen LogP contribution in [0, 0.1) is 11.8 Å². The van der Waals surface area contributed by atoms with Crippen LogP contribution in [0.1, 0.15) is 38.7 Å². The third kappa shape index (κ3) is 9.09. The lowest BCUT2D eigenvalue weighted by atomic mass is 9.96. The van der Waals surface area contributed by atoms with E-state index in [0.29, 0.717) is 6.42 Å². The second kappa shape index (κ2) is 16.7. The summed E-state index contributed by atoms with van der Waals surface area (Å²) in [6.07, 6.45) is -4.51. The van der Waals surface area contributed by atoms with Crippen molar-refractivity contribution in [1.29, 1.82) is 0 Å². The second-order valence-corrected chi connectivity index (χ2v) is 9.76. The van der Waals surface area contributed by atoms with E-state index in [2.05, 4.69) is 0 Å². The Hall–Kier alpha value is -3.81. The van der Waals surface area contributed by atoms with E-state index in [4.69, 9.17) is 33.2 Å². The van der Waals surface area contributed by atoms with Gasteiger partial charge < -0.3 is 38.3 Å². The predicted molar refractivity (Wildman–Crippen MR) is 146 cm³/mol. The highest BCUT2D eigenvalue weighted by Gasteiger charge is 2.54. The molecule has 1 aromatic rings. The summed E-state index contributed by atoms with van der Waals surface area (Å²) in [6.45, 7) is 2.46. The maximum absolute atomic E-state index is 13.4. The van der Waals surface area contributed by atoms with Gasteiger partial charge in [0.05, 0.1) is 19.8 Å². The fourth-order valence-electron chi connectivity index (χ4n) is 4.68. The van der Waals surface area contributed by atoms with Gasteiger partial charge in [0.15, 0.2) is 36.4 Å². The molecule has 0 radical (unpaired) electrons. The Morgan fingerprint density at radius 1 is 0.884 bits per heavy atom. The molecule has 1 fully saturated rings. The van der Waals surface area contributed by atoms with Crippen LogP contribution in [0.4, 0.5) is 0 Å².